The summed E-state index contributed by atoms with van der Waals surface area (Å²) in [5.74, 6) is 0.0921. The van der Waals surface area contributed by atoms with Crippen molar-refractivity contribution in [3.05, 3.63) is 96.4 Å². The van der Waals surface area contributed by atoms with E-state index in [0.29, 0.717) is 42.3 Å². The molecule has 0 radical (unpaired) electrons. The van der Waals surface area contributed by atoms with Crippen LogP contribution in [-0.4, -0.2) is 16.8 Å². The summed E-state index contributed by atoms with van der Waals surface area (Å²) in [5.41, 5.74) is 1.90. The van der Waals surface area contributed by atoms with E-state index in [2.05, 4.69) is 33.1 Å². The van der Waals surface area contributed by atoms with Crippen LogP contribution in [0.25, 0.3) is 0 Å². The zero-order chi connectivity index (χ0) is 26.1. The second kappa shape index (κ2) is 9.83. The maximum atomic E-state index is 13.1. The molecule has 38 heavy (non-hydrogen) atoms. The maximum Gasteiger partial charge on any atom is 0.240 e. The molecule has 2 aliphatic rings. The van der Waals surface area contributed by atoms with Gasteiger partial charge >= 0.3 is 0 Å². The Morgan fingerprint density at radius 3 is 2.24 bits per heavy atom. The largest absolute Gasteiger partial charge is 0.455 e. The van der Waals surface area contributed by atoms with E-state index in [-0.39, 0.29) is 5.91 Å². The van der Waals surface area contributed by atoms with Crippen LogP contribution in [0, 0.1) is 11.2 Å². The summed E-state index contributed by atoms with van der Waals surface area (Å²) in [7, 11) is 0. The van der Waals surface area contributed by atoms with Crippen LogP contribution in [0.15, 0.2) is 95.0 Å². The smallest absolute Gasteiger partial charge is 0.240 e. The van der Waals surface area contributed by atoms with Crippen molar-refractivity contribution in [1.29, 1.82) is 0 Å². The fourth-order valence-electron chi connectivity index (χ4n) is 4.24. The normalized spacial score (nSPS) is 14.7. The molecule has 2 amide bonds. The molecule has 4 aromatic rings. The van der Waals surface area contributed by atoms with Gasteiger partial charge < -0.3 is 20.7 Å². The van der Waals surface area contributed by atoms with Gasteiger partial charge in [-0.3, -0.25) is 9.59 Å². The van der Waals surface area contributed by atoms with E-state index in [0.717, 1.165) is 15.6 Å². The molecule has 3 aromatic carbocycles. The number of halogens is 1. The number of nitrogens with zero attached hydrogens (tertiary/aromatic N) is 1. The van der Waals surface area contributed by atoms with Gasteiger partial charge in [-0.2, -0.15) is 0 Å². The quantitative estimate of drug-likeness (QED) is 0.250. The molecule has 7 nitrogen and oxygen atoms in total. The van der Waals surface area contributed by atoms with Gasteiger partial charge in [0.1, 0.15) is 27.7 Å². The molecule has 0 atom stereocenters. The van der Waals surface area contributed by atoms with Crippen LogP contribution in [-0.2, 0) is 16.1 Å². The number of amides is 2. The second-order valence-electron chi connectivity index (χ2n) is 9.18. The molecule has 1 aliphatic heterocycles. The first-order chi connectivity index (χ1) is 18.5. The van der Waals surface area contributed by atoms with Crippen LogP contribution < -0.4 is 20.7 Å². The minimum Gasteiger partial charge on any atom is -0.455 e. The number of carbonyl (C=O) groups excluding carboxylic acids is 2. The van der Waals surface area contributed by atoms with Crippen molar-refractivity contribution < 1.29 is 18.7 Å². The molecule has 2 heterocycles. The molecule has 1 fully saturated rings. The van der Waals surface area contributed by atoms with Crippen LogP contribution in [0.5, 0.6) is 11.5 Å². The Morgan fingerprint density at radius 2 is 1.55 bits per heavy atom. The fraction of sp³-hybridized carbons (Fsp3) is 0.138. The minimum atomic E-state index is -1.13. The highest BCUT2D eigenvalue weighted by molar-refractivity contribution is 7.99. The Balaban J connectivity index is 1.11. The Hall–Kier alpha value is -4.37. The van der Waals surface area contributed by atoms with Crippen molar-refractivity contribution in [3.63, 3.8) is 0 Å². The van der Waals surface area contributed by atoms with E-state index in [9.17, 15) is 14.0 Å². The topological polar surface area (TPSA) is 92.4 Å². The summed E-state index contributed by atoms with van der Waals surface area (Å²) in [6.07, 6.45) is 2.63. The van der Waals surface area contributed by atoms with Crippen molar-refractivity contribution in [2.75, 3.05) is 16.0 Å². The lowest BCUT2D eigenvalue weighted by molar-refractivity contribution is -0.131. The fourth-order valence-corrected chi connectivity index (χ4v) is 5.25. The first-order valence-corrected chi connectivity index (χ1v) is 13.0. The number of anilines is 3. The van der Waals surface area contributed by atoms with E-state index in [1.165, 1.54) is 29.8 Å². The number of pyridine rings is 1. The number of hydrogen-bond acceptors (Lipinski definition) is 6. The van der Waals surface area contributed by atoms with Crippen molar-refractivity contribution in [3.8, 4) is 11.5 Å². The average Bonchev–Trinajstić information content (AvgIpc) is 3.75. The number of aromatic nitrogens is 1. The number of carbonyl (C=O) groups is 2. The van der Waals surface area contributed by atoms with Crippen molar-refractivity contribution in [2.24, 2.45) is 5.41 Å². The number of ether oxygens (including phenoxy) is 1. The predicted octanol–water partition coefficient (Wildman–Crippen LogP) is 6.45. The third-order valence-corrected chi connectivity index (χ3v) is 7.70. The van der Waals surface area contributed by atoms with E-state index in [1.54, 1.807) is 42.2 Å². The van der Waals surface area contributed by atoms with Crippen molar-refractivity contribution in [1.82, 2.24) is 4.98 Å². The highest BCUT2D eigenvalue weighted by Gasteiger charge is 2.56. The monoisotopic (exact) mass is 526 g/mol. The Bertz CT molecular complexity index is 1520. The van der Waals surface area contributed by atoms with Crippen molar-refractivity contribution >= 4 is 40.6 Å². The number of benzene rings is 3. The zero-order valence-corrected chi connectivity index (χ0v) is 21.0. The molecule has 1 aromatic heterocycles. The molecule has 0 spiro atoms. The average molecular weight is 527 g/mol. The van der Waals surface area contributed by atoms with Crippen LogP contribution in [0.3, 0.4) is 0 Å². The molecule has 190 valence electrons. The van der Waals surface area contributed by atoms with Gasteiger partial charge in [0.05, 0.1) is 0 Å². The van der Waals surface area contributed by atoms with Gasteiger partial charge in [-0.15, -0.1) is 0 Å². The highest BCUT2D eigenvalue weighted by Crippen LogP contribution is 2.48. The molecule has 0 saturated heterocycles. The van der Waals surface area contributed by atoms with E-state index in [4.69, 9.17) is 4.74 Å². The van der Waals surface area contributed by atoms with Crippen LogP contribution >= 0.6 is 11.8 Å². The Kier molecular flexibility index (Phi) is 6.21. The maximum absolute atomic E-state index is 13.1. The summed E-state index contributed by atoms with van der Waals surface area (Å²) in [6.45, 7) is 0.666. The highest BCUT2D eigenvalue weighted by atomic mass is 32.2. The molecule has 3 N–H and O–H groups in total. The lowest BCUT2D eigenvalue weighted by atomic mass is 10.0. The Labute approximate surface area is 222 Å². The van der Waals surface area contributed by atoms with Gasteiger partial charge in [0, 0.05) is 35.1 Å². The second-order valence-corrected chi connectivity index (χ2v) is 10.2. The molecule has 1 saturated carbocycles. The van der Waals surface area contributed by atoms with Gasteiger partial charge in [-0.25, -0.2) is 9.37 Å². The summed E-state index contributed by atoms with van der Waals surface area (Å²) < 4.78 is 19.3. The number of nitrogens with one attached hydrogen (secondary N) is 3. The minimum absolute atomic E-state index is 0.369. The van der Waals surface area contributed by atoms with E-state index in [1.807, 2.05) is 18.2 Å². The summed E-state index contributed by atoms with van der Waals surface area (Å²) >= 11 is 1.60. The van der Waals surface area contributed by atoms with Gasteiger partial charge in [-0.05, 0) is 73.0 Å². The molecule has 0 bridgehead atoms. The third kappa shape index (κ3) is 4.80. The van der Waals surface area contributed by atoms with E-state index < -0.39 is 17.1 Å². The molecule has 9 heteroatoms. The number of rotatable bonds is 6. The predicted molar refractivity (Wildman–Crippen MR) is 144 cm³/mol. The van der Waals surface area contributed by atoms with Crippen LogP contribution in [0.1, 0.15) is 18.4 Å². The molecular formula is C29H23FN4O3S. The Morgan fingerprint density at radius 1 is 0.895 bits per heavy atom. The molecule has 1 aliphatic carbocycles. The van der Waals surface area contributed by atoms with Crippen LogP contribution in [0.2, 0.25) is 0 Å². The SMILES string of the molecule is O=C(Nc1ccc(F)cc1)C1(C(=O)Nc2ccc(Oc3ccnc4c3NCc3ccccc3S4)cc2)CC1. The zero-order valence-electron chi connectivity index (χ0n) is 20.2. The molecule has 6 rings (SSSR count). The van der Waals surface area contributed by atoms with Gasteiger partial charge in [0.15, 0.2) is 5.75 Å². The third-order valence-electron chi connectivity index (χ3n) is 6.57. The van der Waals surface area contributed by atoms with Gasteiger partial charge in [0.25, 0.3) is 0 Å². The number of fused-ring (bicyclic) bond motifs is 2. The summed E-state index contributed by atoms with van der Waals surface area (Å²) in [5, 5.41) is 9.83. The first kappa shape index (κ1) is 24.0. The summed E-state index contributed by atoms with van der Waals surface area (Å²) in [4.78, 5) is 31.4. The van der Waals surface area contributed by atoms with Crippen LogP contribution in [0.4, 0.5) is 21.5 Å². The number of hydrogen-bond donors (Lipinski definition) is 3. The van der Waals surface area contributed by atoms with Gasteiger partial charge in [-0.1, -0.05) is 30.0 Å². The lowest BCUT2D eigenvalue weighted by Crippen LogP contribution is -2.35. The summed E-state index contributed by atoms with van der Waals surface area (Å²) in [6, 6.07) is 22.5. The van der Waals surface area contributed by atoms with Crippen molar-refractivity contribution in [2.45, 2.75) is 29.3 Å². The first-order valence-electron chi connectivity index (χ1n) is 12.2. The van der Waals surface area contributed by atoms with E-state index >= 15 is 0 Å². The lowest BCUT2D eigenvalue weighted by Gasteiger charge is -2.16. The molecule has 0 unspecified atom stereocenters. The molecular weight excluding hydrogens is 503 g/mol. The standard InChI is InChI=1S/C29H23FN4O3S/c30-19-5-7-20(8-6-19)33-27(35)29(14-15-29)28(36)34-21-9-11-22(12-10-21)37-23-13-16-31-26-25(23)32-17-18-3-1-2-4-24(18)38-26/h1-13,16,32H,14-15,17H2,(H,33,35)(H,34,36). The van der Waals surface area contributed by atoms with Gasteiger partial charge in [0.2, 0.25) is 11.8 Å².